The molecule has 1 fully saturated rings. The highest BCUT2D eigenvalue weighted by molar-refractivity contribution is 5.95. The number of hydrogen-bond acceptors (Lipinski definition) is 3. The van der Waals surface area contributed by atoms with E-state index >= 15 is 0 Å². The second kappa shape index (κ2) is 7.18. The van der Waals surface area contributed by atoms with E-state index in [0.29, 0.717) is 0 Å². The molecule has 0 aliphatic carbocycles. The summed E-state index contributed by atoms with van der Waals surface area (Å²) in [6.45, 7) is 6.89. The van der Waals surface area contributed by atoms with Crippen LogP contribution in [-0.4, -0.2) is 39.5 Å². The van der Waals surface area contributed by atoms with Gasteiger partial charge in [-0.3, -0.25) is 14.7 Å². The van der Waals surface area contributed by atoms with E-state index in [0.717, 1.165) is 49.4 Å². The van der Waals surface area contributed by atoms with Crippen LogP contribution in [0.15, 0.2) is 30.6 Å². The summed E-state index contributed by atoms with van der Waals surface area (Å²) in [5.74, 6) is 0.0458. The molecule has 1 aliphatic rings. The molecule has 5 nitrogen and oxygen atoms in total. The number of piperidine rings is 1. The molecular formula is C19H26N4O. The van der Waals surface area contributed by atoms with Crippen LogP contribution in [0, 0.1) is 13.8 Å². The van der Waals surface area contributed by atoms with Gasteiger partial charge in [0.15, 0.2) is 0 Å². The molecule has 5 heteroatoms. The highest BCUT2D eigenvalue weighted by atomic mass is 16.1. The first kappa shape index (κ1) is 16.7. The van der Waals surface area contributed by atoms with Crippen molar-refractivity contribution in [2.75, 3.05) is 13.1 Å². The van der Waals surface area contributed by atoms with Crippen LogP contribution in [0.25, 0.3) is 0 Å². The summed E-state index contributed by atoms with van der Waals surface area (Å²) in [4.78, 5) is 19.2. The topological polar surface area (TPSA) is 50.2 Å². The Bertz CT molecular complexity index is 708. The van der Waals surface area contributed by atoms with Crippen molar-refractivity contribution in [2.45, 2.75) is 39.3 Å². The first-order valence-electron chi connectivity index (χ1n) is 8.59. The van der Waals surface area contributed by atoms with E-state index in [4.69, 9.17) is 0 Å². The number of aryl methyl sites for hydroxylation is 1. The summed E-state index contributed by atoms with van der Waals surface area (Å²) in [7, 11) is 2.00. The number of aromatic nitrogens is 2. The minimum absolute atomic E-state index is 0.0458. The van der Waals surface area contributed by atoms with Crippen molar-refractivity contribution in [3.05, 3.63) is 53.1 Å². The van der Waals surface area contributed by atoms with Crippen LogP contribution in [0.2, 0.25) is 0 Å². The fraction of sp³-hybridized carbons (Fsp3) is 0.474. The molecule has 0 spiro atoms. The van der Waals surface area contributed by atoms with E-state index in [2.05, 4.69) is 25.8 Å². The smallest absolute Gasteiger partial charge is 0.253 e. The second-order valence-electron chi connectivity index (χ2n) is 6.75. The standard InChI is InChI=1S/C19H26N4O/c1-14-10-18(15(2)22(14)3)19(24)21-17-7-5-9-23(13-17)12-16-6-4-8-20-11-16/h4,6,8,10-11,17H,5,7,9,12-13H2,1-3H3,(H,21,24)/t17-/m1/s1. The Hall–Kier alpha value is -2.14. The van der Waals surface area contributed by atoms with Crippen molar-refractivity contribution in [3.8, 4) is 0 Å². The first-order valence-corrected chi connectivity index (χ1v) is 8.59. The third-order valence-electron chi connectivity index (χ3n) is 4.99. The number of nitrogens with one attached hydrogen (secondary N) is 1. The Kier molecular flexibility index (Phi) is 5.00. The van der Waals surface area contributed by atoms with E-state index in [-0.39, 0.29) is 11.9 Å². The number of amides is 1. The van der Waals surface area contributed by atoms with Gasteiger partial charge in [-0.05, 0) is 50.9 Å². The molecule has 0 saturated carbocycles. The lowest BCUT2D eigenvalue weighted by Gasteiger charge is -2.33. The maximum absolute atomic E-state index is 12.6. The van der Waals surface area contributed by atoms with E-state index < -0.39 is 0 Å². The summed E-state index contributed by atoms with van der Waals surface area (Å²) in [5.41, 5.74) is 4.14. The molecule has 0 unspecified atom stereocenters. The number of rotatable bonds is 4. The van der Waals surface area contributed by atoms with Crippen LogP contribution in [0.5, 0.6) is 0 Å². The number of pyridine rings is 1. The molecule has 0 radical (unpaired) electrons. The van der Waals surface area contributed by atoms with E-state index in [1.807, 2.05) is 39.2 Å². The number of nitrogens with zero attached hydrogens (tertiary/aromatic N) is 3. The highest BCUT2D eigenvalue weighted by Crippen LogP contribution is 2.16. The molecule has 1 atom stereocenters. The van der Waals surface area contributed by atoms with Crippen LogP contribution in [0.1, 0.15) is 40.2 Å². The third-order valence-corrected chi connectivity index (χ3v) is 4.99. The van der Waals surface area contributed by atoms with Crippen LogP contribution < -0.4 is 5.32 Å². The lowest BCUT2D eigenvalue weighted by Crippen LogP contribution is -2.47. The molecule has 24 heavy (non-hydrogen) atoms. The van der Waals surface area contributed by atoms with Crippen LogP contribution >= 0.6 is 0 Å². The molecular weight excluding hydrogens is 300 g/mol. The van der Waals surface area contributed by atoms with Gasteiger partial charge < -0.3 is 9.88 Å². The predicted octanol–water partition coefficient (Wildman–Crippen LogP) is 2.43. The van der Waals surface area contributed by atoms with Crippen molar-refractivity contribution >= 4 is 5.91 Å². The van der Waals surface area contributed by atoms with Gasteiger partial charge in [-0.2, -0.15) is 0 Å². The predicted molar refractivity (Wildman–Crippen MR) is 94.9 cm³/mol. The summed E-state index contributed by atoms with van der Waals surface area (Å²) < 4.78 is 2.06. The number of carbonyl (C=O) groups excluding carboxylic acids is 1. The first-order chi connectivity index (χ1) is 11.5. The Balaban J connectivity index is 1.60. The van der Waals surface area contributed by atoms with Gasteiger partial charge >= 0.3 is 0 Å². The Labute approximate surface area is 143 Å². The SMILES string of the molecule is Cc1cc(C(=O)N[C@@H]2CCCN(Cc3cccnc3)C2)c(C)n1C. The molecule has 1 N–H and O–H groups in total. The average molecular weight is 326 g/mol. The summed E-state index contributed by atoms with van der Waals surface area (Å²) in [6.07, 6.45) is 5.86. The van der Waals surface area contributed by atoms with Crippen LogP contribution in [0.4, 0.5) is 0 Å². The Morgan fingerprint density at radius 2 is 2.25 bits per heavy atom. The van der Waals surface area contributed by atoms with Gasteiger partial charge in [0.2, 0.25) is 0 Å². The van der Waals surface area contributed by atoms with E-state index in [1.165, 1.54) is 5.56 Å². The molecule has 1 aliphatic heterocycles. The average Bonchev–Trinajstić information content (AvgIpc) is 2.84. The Morgan fingerprint density at radius 1 is 1.42 bits per heavy atom. The van der Waals surface area contributed by atoms with Crippen LogP contribution in [0.3, 0.4) is 0 Å². The third kappa shape index (κ3) is 3.67. The van der Waals surface area contributed by atoms with Gasteiger partial charge in [0, 0.05) is 50.0 Å². The van der Waals surface area contributed by atoms with Gasteiger partial charge in [-0.15, -0.1) is 0 Å². The molecule has 1 saturated heterocycles. The van der Waals surface area contributed by atoms with Crippen molar-refractivity contribution in [1.29, 1.82) is 0 Å². The molecule has 3 heterocycles. The molecule has 0 bridgehead atoms. The quantitative estimate of drug-likeness (QED) is 0.939. The van der Waals surface area contributed by atoms with Gasteiger partial charge in [0.05, 0.1) is 5.56 Å². The summed E-state index contributed by atoms with van der Waals surface area (Å²) >= 11 is 0. The molecule has 128 valence electrons. The number of hydrogen-bond donors (Lipinski definition) is 1. The van der Waals surface area contributed by atoms with Crippen molar-refractivity contribution in [1.82, 2.24) is 19.8 Å². The minimum atomic E-state index is 0.0458. The molecule has 2 aromatic rings. The van der Waals surface area contributed by atoms with Crippen molar-refractivity contribution in [2.24, 2.45) is 7.05 Å². The van der Waals surface area contributed by atoms with Crippen molar-refractivity contribution in [3.63, 3.8) is 0 Å². The van der Waals surface area contributed by atoms with Gasteiger partial charge in [-0.25, -0.2) is 0 Å². The maximum Gasteiger partial charge on any atom is 0.253 e. The normalized spacial score (nSPS) is 18.5. The van der Waals surface area contributed by atoms with Gasteiger partial charge in [0.1, 0.15) is 0 Å². The molecule has 2 aromatic heterocycles. The van der Waals surface area contributed by atoms with Gasteiger partial charge in [0.25, 0.3) is 5.91 Å². The fourth-order valence-corrected chi connectivity index (χ4v) is 3.42. The molecule has 0 aromatic carbocycles. The molecule has 1 amide bonds. The van der Waals surface area contributed by atoms with Crippen LogP contribution in [-0.2, 0) is 13.6 Å². The maximum atomic E-state index is 12.6. The lowest BCUT2D eigenvalue weighted by molar-refractivity contribution is 0.0900. The Morgan fingerprint density at radius 3 is 2.92 bits per heavy atom. The zero-order chi connectivity index (χ0) is 17.1. The fourth-order valence-electron chi connectivity index (χ4n) is 3.42. The monoisotopic (exact) mass is 326 g/mol. The summed E-state index contributed by atoms with van der Waals surface area (Å²) in [6, 6.07) is 6.26. The zero-order valence-corrected chi connectivity index (χ0v) is 14.7. The van der Waals surface area contributed by atoms with E-state index in [1.54, 1.807) is 6.20 Å². The van der Waals surface area contributed by atoms with Gasteiger partial charge in [-0.1, -0.05) is 6.07 Å². The lowest BCUT2D eigenvalue weighted by atomic mass is 10.0. The second-order valence-corrected chi connectivity index (χ2v) is 6.75. The zero-order valence-electron chi connectivity index (χ0n) is 14.7. The highest BCUT2D eigenvalue weighted by Gasteiger charge is 2.23. The number of carbonyl (C=O) groups is 1. The van der Waals surface area contributed by atoms with Crippen molar-refractivity contribution < 1.29 is 4.79 Å². The largest absolute Gasteiger partial charge is 0.351 e. The number of likely N-dealkylation sites (tertiary alicyclic amines) is 1. The minimum Gasteiger partial charge on any atom is -0.351 e. The molecule has 3 rings (SSSR count). The summed E-state index contributed by atoms with van der Waals surface area (Å²) in [5, 5.41) is 3.22. The van der Waals surface area contributed by atoms with E-state index in [9.17, 15) is 4.79 Å².